The Kier molecular flexibility index (Phi) is 4.44. The minimum Gasteiger partial charge on any atom is -0.306 e. The lowest BCUT2D eigenvalue weighted by Crippen LogP contribution is -2.18. The molecule has 0 aliphatic carbocycles. The predicted octanol–water partition coefficient (Wildman–Crippen LogP) is 3.83. The van der Waals surface area contributed by atoms with Gasteiger partial charge in [0.05, 0.1) is 0 Å². The van der Waals surface area contributed by atoms with E-state index in [-0.39, 0.29) is 11.9 Å². The quantitative estimate of drug-likeness (QED) is 0.928. The van der Waals surface area contributed by atoms with E-state index in [1.54, 1.807) is 18.3 Å². The Bertz CT molecular complexity index is 513. The van der Waals surface area contributed by atoms with Gasteiger partial charge in [-0.1, -0.05) is 12.1 Å². The van der Waals surface area contributed by atoms with Gasteiger partial charge >= 0.3 is 0 Å². The second kappa shape index (κ2) is 6.07. The second-order valence-corrected chi connectivity index (χ2v) is 5.08. The summed E-state index contributed by atoms with van der Waals surface area (Å²) in [5.41, 5.74) is 2.18. The molecule has 2 rings (SSSR count). The zero-order chi connectivity index (χ0) is 13.0. The van der Waals surface area contributed by atoms with Crippen LogP contribution in [0, 0.1) is 5.82 Å². The van der Waals surface area contributed by atoms with Crippen LogP contribution in [-0.2, 0) is 6.54 Å². The maximum Gasteiger partial charge on any atom is 0.123 e. The van der Waals surface area contributed by atoms with Crippen LogP contribution in [0.2, 0.25) is 0 Å². The van der Waals surface area contributed by atoms with Crippen LogP contribution in [0.1, 0.15) is 24.1 Å². The number of aromatic nitrogens is 1. The molecule has 0 aliphatic heterocycles. The molecule has 0 amide bonds. The smallest absolute Gasteiger partial charge is 0.123 e. The van der Waals surface area contributed by atoms with E-state index in [0.717, 1.165) is 22.1 Å². The first-order valence-corrected chi connectivity index (χ1v) is 6.53. The first-order chi connectivity index (χ1) is 8.65. The summed E-state index contributed by atoms with van der Waals surface area (Å²) in [7, 11) is 0. The second-order valence-electron chi connectivity index (χ2n) is 4.17. The molecular formula is C14H14BrFN2. The van der Waals surface area contributed by atoms with Gasteiger partial charge in [-0.2, -0.15) is 0 Å². The number of benzene rings is 1. The maximum atomic E-state index is 12.8. The van der Waals surface area contributed by atoms with E-state index in [2.05, 4.69) is 33.2 Å². The zero-order valence-electron chi connectivity index (χ0n) is 10.0. The third-order valence-corrected chi connectivity index (χ3v) is 3.18. The van der Waals surface area contributed by atoms with Gasteiger partial charge in [0.1, 0.15) is 5.82 Å². The van der Waals surface area contributed by atoms with Crippen molar-refractivity contribution < 1.29 is 4.39 Å². The Labute approximate surface area is 114 Å². The van der Waals surface area contributed by atoms with Crippen molar-refractivity contribution in [1.82, 2.24) is 10.3 Å². The Hall–Kier alpha value is -1.26. The molecule has 0 saturated carbocycles. The van der Waals surface area contributed by atoms with E-state index in [1.165, 1.54) is 12.1 Å². The summed E-state index contributed by atoms with van der Waals surface area (Å²) in [6.07, 6.45) is 3.59. The molecule has 0 radical (unpaired) electrons. The van der Waals surface area contributed by atoms with E-state index in [0.29, 0.717) is 0 Å². The van der Waals surface area contributed by atoms with Crippen LogP contribution in [0.15, 0.2) is 47.2 Å². The lowest BCUT2D eigenvalue weighted by atomic mass is 10.1. The molecule has 0 spiro atoms. The topological polar surface area (TPSA) is 24.9 Å². The lowest BCUT2D eigenvalue weighted by molar-refractivity contribution is 0.570. The fourth-order valence-corrected chi connectivity index (χ4v) is 2.11. The normalized spacial score (nSPS) is 12.4. The molecule has 1 heterocycles. The monoisotopic (exact) mass is 308 g/mol. The molecule has 18 heavy (non-hydrogen) atoms. The van der Waals surface area contributed by atoms with Crippen molar-refractivity contribution >= 4 is 15.9 Å². The summed E-state index contributed by atoms with van der Waals surface area (Å²) in [6.45, 7) is 2.78. The highest BCUT2D eigenvalue weighted by Gasteiger charge is 2.05. The van der Waals surface area contributed by atoms with Crippen LogP contribution in [0.25, 0.3) is 0 Å². The number of halogens is 2. The number of hydrogen-bond acceptors (Lipinski definition) is 2. The third kappa shape index (κ3) is 3.62. The van der Waals surface area contributed by atoms with Crippen LogP contribution < -0.4 is 5.32 Å². The highest BCUT2D eigenvalue weighted by Crippen LogP contribution is 2.14. The lowest BCUT2D eigenvalue weighted by Gasteiger charge is -2.14. The van der Waals surface area contributed by atoms with Crippen LogP contribution >= 0.6 is 15.9 Å². The minimum atomic E-state index is -0.206. The predicted molar refractivity (Wildman–Crippen MR) is 73.6 cm³/mol. The van der Waals surface area contributed by atoms with Crippen molar-refractivity contribution in [2.75, 3.05) is 0 Å². The van der Waals surface area contributed by atoms with Gasteiger partial charge in [0.15, 0.2) is 0 Å². The zero-order valence-corrected chi connectivity index (χ0v) is 11.6. The molecule has 4 heteroatoms. The molecule has 0 saturated heterocycles. The van der Waals surface area contributed by atoms with Crippen LogP contribution in [-0.4, -0.2) is 4.98 Å². The Morgan fingerprint density at radius 2 is 2.00 bits per heavy atom. The molecule has 0 fully saturated rings. The van der Waals surface area contributed by atoms with Crippen LogP contribution in [0.5, 0.6) is 0 Å². The van der Waals surface area contributed by atoms with Gasteiger partial charge in [-0.3, -0.25) is 4.98 Å². The molecule has 1 aromatic heterocycles. The summed E-state index contributed by atoms with van der Waals surface area (Å²) in [6, 6.07) is 8.75. The summed E-state index contributed by atoms with van der Waals surface area (Å²) in [5.74, 6) is -0.206. The standard InChI is InChI=1S/C14H14BrFN2/c1-10(12-2-4-14(16)5-3-12)18-8-11-6-13(15)9-17-7-11/h2-7,9-10,18H,8H2,1H3/t10-/m1/s1. The van der Waals surface area contributed by atoms with Gasteiger partial charge in [-0.05, 0) is 52.2 Å². The Morgan fingerprint density at radius 3 is 2.67 bits per heavy atom. The summed E-state index contributed by atoms with van der Waals surface area (Å²) < 4.78 is 13.8. The van der Waals surface area contributed by atoms with Gasteiger partial charge in [-0.25, -0.2) is 4.39 Å². The van der Waals surface area contributed by atoms with Gasteiger partial charge < -0.3 is 5.32 Å². The fourth-order valence-electron chi connectivity index (χ4n) is 1.69. The van der Waals surface area contributed by atoms with Gasteiger partial charge in [0.25, 0.3) is 0 Å². The summed E-state index contributed by atoms with van der Waals surface area (Å²) in [4.78, 5) is 4.11. The number of pyridine rings is 1. The Balaban J connectivity index is 1.96. The number of nitrogens with zero attached hydrogens (tertiary/aromatic N) is 1. The average Bonchev–Trinajstić information content (AvgIpc) is 2.37. The van der Waals surface area contributed by atoms with Crippen molar-refractivity contribution in [2.24, 2.45) is 0 Å². The Morgan fingerprint density at radius 1 is 1.28 bits per heavy atom. The van der Waals surface area contributed by atoms with Crippen molar-refractivity contribution in [1.29, 1.82) is 0 Å². The van der Waals surface area contributed by atoms with E-state index in [1.807, 2.05) is 12.3 Å². The van der Waals surface area contributed by atoms with Crippen LogP contribution in [0.4, 0.5) is 4.39 Å². The molecule has 1 N–H and O–H groups in total. The largest absolute Gasteiger partial charge is 0.306 e. The van der Waals surface area contributed by atoms with E-state index < -0.39 is 0 Å². The first kappa shape index (κ1) is 13.2. The molecule has 94 valence electrons. The van der Waals surface area contributed by atoms with Crippen molar-refractivity contribution in [3.63, 3.8) is 0 Å². The van der Waals surface area contributed by atoms with Gasteiger partial charge in [0, 0.05) is 29.5 Å². The molecule has 0 bridgehead atoms. The molecule has 2 nitrogen and oxygen atoms in total. The minimum absolute atomic E-state index is 0.171. The van der Waals surface area contributed by atoms with E-state index in [4.69, 9.17) is 0 Å². The molecule has 2 aromatic rings. The van der Waals surface area contributed by atoms with E-state index >= 15 is 0 Å². The number of nitrogens with one attached hydrogen (secondary N) is 1. The molecule has 1 atom stereocenters. The van der Waals surface area contributed by atoms with Crippen molar-refractivity contribution in [2.45, 2.75) is 19.5 Å². The molecule has 0 unspecified atom stereocenters. The summed E-state index contributed by atoms with van der Waals surface area (Å²) >= 11 is 3.39. The number of hydrogen-bond donors (Lipinski definition) is 1. The van der Waals surface area contributed by atoms with Crippen molar-refractivity contribution in [3.8, 4) is 0 Å². The van der Waals surface area contributed by atoms with Gasteiger partial charge in [-0.15, -0.1) is 0 Å². The van der Waals surface area contributed by atoms with Gasteiger partial charge in [0.2, 0.25) is 0 Å². The highest BCUT2D eigenvalue weighted by molar-refractivity contribution is 9.10. The molecular weight excluding hydrogens is 295 g/mol. The summed E-state index contributed by atoms with van der Waals surface area (Å²) in [5, 5.41) is 3.38. The fraction of sp³-hybridized carbons (Fsp3) is 0.214. The van der Waals surface area contributed by atoms with Crippen LogP contribution in [0.3, 0.4) is 0 Å². The first-order valence-electron chi connectivity index (χ1n) is 5.73. The average molecular weight is 309 g/mol. The van der Waals surface area contributed by atoms with Crippen molar-refractivity contribution in [3.05, 3.63) is 64.1 Å². The third-order valence-electron chi connectivity index (χ3n) is 2.74. The van der Waals surface area contributed by atoms with E-state index in [9.17, 15) is 4.39 Å². The molecule has 1 aromatic carbocycles. The maximum absolute atomic E-state index is 12.8. The molecule has 0 aliphatic rings. The highest BCUT2D eigenvalue weighted by atomic mass is 79.9. The number of rotatable bonds is 4. The SMILES string of the molecule is C[C@@H](NCc1cncc(Br)c1)c1ccc(F)cc1.